The van der Waals surface area contributed by atoms with Crippen molar-refractivity contribution in [2.75, 3.05) is 37.8 Å². The van der Waals surface area contributed by atoms with Gasteiger partial charge in [0.25, 0.3) is 5.91 Å². The smallest absolute Gasteiger partial charge is 0.258 e. The highest BCUT2D eigenvalue weighted by Crippen LogP contribution is 2.29. The summed E-state index contributed by atoms with van der Waals surface area (Å²) in [5.74, 6) is 0.310. The molecule has 0 aliphatic rings. The van der Waals surface area contributed by atoms with E-state index >= 15 is 0 Å². The number of rotatable bonds is 6. The predicted molar refractivity (Wildman–Crippen MR) is 102 cm³/mol. The van der Waals surface area contributed by atoms with Crippen LogP contribution in [0.2, 0.25) is 0 Å². The van der Waals surface area contributed by atoms with E-state index in [0.29, 0.717) is 11.5 Å². The summed E-state index contributed by atoms with van der Waals surface area (Å²) < 4.78 is 0. The molecule has 0 spiro atoms. The Kier molecular flexibility index (Phi) is 6.09. The van der Waals surface area contributed by atoms with E-state index in [1.165, 1.54) is 0 Å². The molecule has 1 aromatic carbocycles. The zero-order valence-electron chi connectivity index (χ0n) is 15.6. The van der Waals surface area contributed by atoms with E-state index in [-0.39, 0.29) is 11.3 Å². The van der Waals surface area contributed by atoms with Gasteiger partial charge in [0.1, 0.15) is 0 Å². The van der Waals surface area contributed by atoms with Crippen LogP contribution in [0.4, 0.5) is 11.6 Å². The Morgan fingerprint density at radius 1 is 1.12 bits per heavy atom. The molecule has 0 fully saturated rings. The van der Waals surface area contributed by atoms with Crippen molar-refractivity contribution >= 4 is 17.5 Å². The maximum absolute atomic E-state index is 12.5. The van der Waals surface area contributed by atoms with Crippen LogP contribution in [0.25, 0.3) is 0 Å². The summed E-state index contributed by atoms with van der Waals surface area (Å²) in [4.78, 5) is 23.0. The minimum atomic E-state index is -0.212. The van der Waals surface area contributed by atoms with Gasteiger partial charge in [-0.25, -0.2) is 9.97 Å². The van der Waals surface area contributed by atoms with E-state index in [1.54, 1.807) is 12.4 Å². The van der Waals surface area contributed by atoms with Crippen molar-refractivity contribution in [3.63, 3.8) is 0 Å². The Balaban J connectivity index is 2.05. The number of carbonyl (C=O) groups excluding carboxylic acids is 1. The third-order valence-corrected chi connectivity index (χ3v) is 3.74. The first-order valence-corrected chi connectivity index (χ1v) is 8.39. The van der Waals surface area contributed by atoms with Gasteiger partial charge in [0.15, 0.2) is 0 Å². The SMILES string of the molecule is CN(C)CCNc1ncc(C(=O)Nc2ccccc2C(C)(C)C)cn1. The third kappa shape index (κ3) is 5.53. The molecule has 1 amide bonds. The molecule has 0 saturated heterocycles. The Bertz CT molecular complexity index is 704. The van der Waals surface area contributed by atoms with Crippen molar-refractivity contribution in [3.05, 3.63) is 47.8 Å². The molecule has 25 heavy (non-hydrogen) atoms. The molecule has 2 aromatic rings. The normalized spacial score (nSPS) is 11.4. The molecular weight excluding hydrogens is 314 g/mol. The number of hydrogen-bond acceptors (Lipinski definition) is 5. The summed E-state index contributed by atoms with van der Waals surface area (Å²) in [7, 11) is 4.01. The number of nitrogens with one attached hydrogen (secondary N) is 2. The zero-order chi connectivity index (χ0) is 18.4. The van der Waals surface area contributed by atoms with Crippen molar-refractivity contribution in [3.8, 4) is 0 Å². The standard InChI is InChI=1S/C19H27N5O/c1-19(2,3)15-8-6-7-9-16(15)23-17(25)14-12-21-18(22-13-14)20-10-11-24(4)5/h6-9,12-13H,10-11H2,1-5H3,(H,23,25)(H,20,21,22). The molecular formula is C19H27N5O. The van der Waals surface area contributed by atoms with Crippen molar-refractivity contribution in [1.82, 2.24) is 14.9 Å². The average molecular weight is 341 g/mol. The van der Waals surface area contributed by atoms with E-state index in [1.807, 2.05) is 38.4 Å². The molecule has 2 rings (SSSR count). The number of nitrogens with zero attached hydrogens (tertiary/aromatic N) is 3. The fourth-order valence-electron chi connectivity index (χ4n) is 2.37. The van der Waals surface area contributed by atoms with Gasteiger partial charge in [-0.2, -0.15) is 0 Å². The number of para-hydroxylation sites is 1. The van der Waals surface area contributed by atoms with E-state index in [2.05, 4.69) is 46.3 Å². The number of hydrogen-bond donors (Lipinski definition) is 2. The molecule has 0 atom stereocenters. The van der Waals surface area contributed by atoms with Gasteiger partial charge in [0.05, 0.1) is 5.56 Å². The van der Waals surface area contributed by atoms with E-state index in [9.17, 15) is 4.79 Å². The number of carbonyl (C=O) groups is 1. The maximum atomic E-state index is 12.5. The van der Waals surface area contributed by atoms with Crippen LogP contribution >= 0.6 is 0 Å². The molecule has 6 nitrogen and oxygen atoms in total. The lowest BCUT2D eigenvalue weighted by atomic mass is 9.86. The van der Waals surface area contributed by atoms with Crippen LogP contribution < -0.4 is 10.6 Å². The number of anilines is 2. The highest BCUT2D eigenvalue weighted by Gasteiger charge is 2.19. The fraction of sp³-hybridized carbons (Fsp3) is 0.421. The molecule has 2 N–H and O–H groups in total. The van der Waals surface area contributed by atoms with Crippen LogP contribution in [-0.4, -0.2) is 48.0 Å². The molecule has 6 heteroatoms. The first-order valence-electron chi connectivity index (χ1n) is 8.39. The maximum Gasteiger partial charge on any atom is 0.258 e. The van der Waals surface area contributed by atoms with E-state index < -0.39 is 0 Å². The Morgan fingerprint density at radius 2 is 1.76 bits per heavy atom. The van der Waals surface area contributed by atoms with Gasteiger partial charge in [-0.3, -0.25) is 4.79 Å². The molecule has 0 aliphatic carbocycles. The van der Waals surface area contributed by atoms with Crippen LogP contribution in [0.3, 0.4) is 0 Å². The van der Waals surface area contributed by atoms with Crippen molar-refractivity contribution in [2.24, 2.45) is 0 Å². The predicted octanol–water partition coefficient (Wildman–Crippen LogP) is 3.00. The van der Waals surface area contributed by atoms with Crippen molar-refractivity contribution in [1.29, 1.82) is 0 Å². The largest absolute Gasteiger partial charge is 0.353 e. The molecule has 0 aliphatic heterocycles. The van der Waals surface area contributed by atoms with Gasteiger partial charge in [-0.1, -0.05) is 39.0 Å². The van der Waals surface area contributed by atoms with Gasteiger partial charge in [0.2, 0.25) is 5.95 Å². The zero-order valence-corrected chi connectivity index (χ0v) is 15.6. The second-order valence-corrected chi connectivity index (χ2v) is 7.28. The van der Waals surface area contributed by atoms with Crippen LogP contribution in [0.15, 0.2) is 36.7 Å². The molecule has 0 unspecified atom stereocenters. The lowest BCUT2D eigenvalue weighted by Gasteiger charge is -2.23. The highest BCUT2D eigenvalue weighted by molar-refractivity contribution is 6.04. The van der Waals surface area contributed by atoms with Gasteiger partial charge in [-0.15, -0.1) is 0 Å². The number of amides is 1. The Morgan fingerprint density at radius 3 is 2.36 bits per heavy atom. The number of aromatic nitrogens is 2. The average Bonchev–Trinajstić information content (AvgIpc) is 2.54. The quantitative estimate of drug-likeness (QED) is 0.845. The lowest BCUT2D eigenvalue weighted by molar-refractivity contribution is 0.102. The highest BCUT2D eigenvalue weighted by atomic mass is 16.1. The molecule has 134 valence electrons. The molecule has 0 bridgehead atoms. The van der Waals surface area contributed by atoms with Crippen LogP contribution in [0, 0.1) is 0 Å². The Labute approximate surface area is 149 Å². The first-order chi connectivity index (χ1) is 11.8. The van der Waals surface area contributed by atoms with Crippen LogP contribution in [0.1, 0.15) is 36.7 Å². The van der Waals surface area contributed by atoms with E-state index in [4.69, 9.17) is 0 Å². The third-order valence-electron chi connectivity index (χ3n) is 3.74. The molecule has 0 radical (unpaired) electrons. The summed E-state index contributed by atoms with van der Waals surface area (Å²) >= 11 is 0. The summed E-state index contributed by atoms with van der Waals surface area (Å²) in [6.45, 7) is 7.99. The minimum absolute atomic E-state index is 0.0550. The van der Waals surface area contributed by atoms with Crippen molar-refractivity contribution < 1.29 is 4.79 Å². The number of likely N-dealkylation sites (N-methyl/N-ethyl adjacent to an activating group) is 1. The summed E-state index contributed by atoms with van der Waals surface area (Å²) in [6.07, 6.45) is 3.08. The van der Waals surface area contributed by atoms with Crippen LogP contribution in [0.5, 0.6) is 0 Å². The molecule has 1 aromatic heterocycles. The van der Waals surface area contributed by atoms with Gasteiger partial charge < -0.3 is 15.5 Å². The van der Waals surface area contributed by atoms with Crippen molar-refractivity contribution in [2.45, 2.75) is 26.2 Å². The second-order valence-electron chi connectivity index (χ2n) is 7.28. The van der Waals surface area contributed by atoms with Gasteiger partial charge in [0, 0.05) is 31.2 Å². The second kappa shape index (κ2) is 8.07. The van der Waals surface area contributed by atoms with E-state index in [0.717, 1.165) is 24.3 Å². The Hall–Kier alpha value is -2.47. The van der Waals surface area contributed by atoms with Crippen LogP contribution in [-0.2, 0) is 5.41 Å². The first kappa shape index (κ1) is 18.9. The number of benzene rings is 1. The summed E-state index contributed by atoms with van der Waals surface area (Å²) in [5.41, 5.74) is 2.28. The minimum Gasteiger partial charge on any atom is -0.353 e. The summed E-state index contributed by atoms with van der Waals surface area (Å²) in [5, 5.41) is 6.09. The van der Waals surface area contributed by atoms with Gasteiger partial charge in [-0.05, 0) is 31.1 Å². The van der Waals surface area contributed by atoms with Gasteiger partial charge >= 0.3 is 0 Å². The topological polar surface area (TPSA) is 70.2 Å². The summed E-state index contributed by atoms with van der Waals surface area (Å²) in [6, 6.07) is 7.84. The monoisotopic (exact) mass is 341 g/mol. The lowest BCUT2D eigenvalue weighted by Crippen LogP contribution is -2.22. The molecule has 0 saturated carbocycles. The molecule has 1 heterocycles. The fourth-order valence-corrected chi connectivity index (χ4v) is 2.37.